The fourth-order valence-corrected chi connectivity index (χ4v) is 7.75. The van der Waals surface area contributed by atoms with Gasteiger partial charge in [0.15, 0.2) is 5.76 Å². The maximum absolute atomic E-state index is 13.1. The molecule has 2 fully saturated rings. The van der Waals surface area contributed by atoms with Crippen LogP contribution in [0.4, 0.5) is 13.2 Å². The Morgan fingerprint density at radius 2 is 1.83 bits per heavy atom. The second kappa shape index (κ2) is 7.87. The Morgan fingerprint density at radius 1 is 1.06 bits per heavy atom. The van der Waals surface area contributed by atoms with Gasteiger partial charge in [0, 0.05) is 24.4 Å². The van der Waals surface area contributed by atoms with Crippen molar-refractivity contribution in [3.63, 3.8) is 0 Å². The Morgan fingerprint density at radius 3 is 2.54 bits per heavy atom. The van der Waals surface area contributed by atoms with Gasteiger partial charge in [-0.3, -0.25) is 4.98 Å². The summed E-state index contributed by atoms with van der Waals surface area (Å²) < 4.78 is 73.4. The van der Waals surface area contributed by atoms with Crippen LogP contribution in [0.2, 0.25) is 0 Å². The van der Waals surface area contributed by atoms with E-state index in [1.165, 1.54) is 0 Å². The molecule has 2 bridgehead atoms. The maximum atomic E-state index is 13.1. The molecule has 0 radical (unpaired) electrons. The fourth-order valence-electron chi connectivity index (χ4n) is 6.04. The highest BCUT2D eigenvalue weighted by Gasteiger charge is 2.60. The average molecular weight is 505 g/mol. The Hall–Kier alpha value is -2.76. The molecule has 3 heterocycles. The van der Waals surface area contributed by atoms with E-state index < -0.39 is 28.5 Å². The first kappa shape index (κ1) is 22.7. The predicted octanol–water partition coefficient (Wildman–Crippen LogP) is 3.98. The Balaban J connectivity index is 1.30. The second-order valence-electron chi connectivity index (χ2n) is 9.69. The normalized spacial score (nSPS) is 27.7. The molecule has 3 aliphatic rings. The van der Waals surface area contributed by atoms with Crippen LogP contribution in [0.25, 0.3) is 22.7 Å². The fraction of sp³-hybridized carbons (Fsp3) is 0.417. The molecule has 11 heteroatoms. The largest absolute Gasteiger partial charge is 0.402 e. The molecule has 2 aliphatic carbocycles. The molecule has 35 heavy (non-hydrogen) atoms. The van der Waals surface area contributed by atoms with Gasteiger partial charge in [0.1, 0.15) is 12.2 Å². The Kier molecular flexibility index (Phi) is 5.10. The van der Waals surface area contributed by atoms with Gasteiger partial charge < -0.3 is 4.52 Å². The van der Waals surface area contributed by atoms with Gasteiger partial charge in [0.25, 0.3) is 10.2 Å². The monoisotopic (exact) mass is 504 g/mol. The van der Waals surface area contributed by atoms with E-state index in [-0.39, 0.29) is 18.4 Å². The molecule has 7 nitrogen and oxygen atoms in total. The van der Waals surface area contributed by atoms with E-state index in [1.807, 2.05) is 42.5 Å². The zero-order valence-electron chi connectivity index (χ0n) is 18.6. The summed E-state index contributed by atoms with van der Waals surface area (Å²) in [6, 6.07) is 13.4. The topological polar surface area (TPSA) is 88.3 Å². The average Bonchev–Trinajstić information content (AvgIpc) is 3.43. The van der Waals surface area contributed by atoms with Crippen molar-refractivity contribution < 1.29 is 26.1 Å². The van der Waals surface area contributed by atoms with Crippen LogP contribution in [-0.4, -0.2) is 47.7 Å². The van der Waals surface area contributed by atoms with Crippen LogP contribution >= 0.6 is 0 Å². The van der Waals surface area contributed by atoms with Crippen LogP contribution in [0.15, 0.2) is 53.2 Å². The van der Waals surface area contributed by atoms with E-state index in [0.717, 1.165) is 29.5 Å². The highest BCUT2D eigenvalue weighted by molar-refractivity contribution is 7.87. The molecular formula is C24H23F3N4O3S. The molecule has 1 saturated heterocycles. The molecule has 3 aromatic rings. The summed E-state index contributed by atoms with van der Waals surface area (Å²) in [5, 5.41) is 4.13. The lowest BCUT2D eigenvalue weighted by Crippen LogP contribution is -2.52. The first-order chi connectivity index (χ1) is 16.6. The quantitative estimate of drug-likeness (QED) is 0.583. The number of nitrogens with one attached hydrogen (secondary N) is 1. The lowest BCUT2D eigenvalue weighted by Gasteiger charge is -2.33. The van der Waals surface area contributed by atoms with Crippen LogP contribution in [-0.2, 0) is 23.1 Å². The van der Waals surface area contributed by atoms with Crippen LogP contribution in [0, 0.1) is 11.8 Å². The predicted molar refractivity (Wildman–Crippen MR) is 121 cm³/mol. The molecule has 2 aromatic heterocycles. The summed E-state index contributed by atoms with van der Waals surface area (Å²) in [6.45, 7) is -1.62. The van der Waals surface area contributed by atoms with Crippen molar-refractivity contribution in [3.8, 4) is 22.7 Å². The summed E-state index contributed by atoms with van der Waals surface area (Å²) in [6.07, 6.45) is -0.156. The summed E-state index contributed by atoms with van der Waals surface area (Å²) in [7, 11) is -4.20. The van der Waals surface area contributed by atoms with Crippen molar-refractivity contribution in [2.75, 3.05) is 13.1 Å². The van der Waals surface area contributed by atoms with E-state index in [4.69, 9.17) is 4.52 Å². The summed E-state index contributed by atoms with van der Waals surface area (Å²) in [5.41, 5.74) is 3.45. The molecule has 1 N–H and O–H groups in total. The van der Waals surface area contributed by atoms with E-state index >= 15 is 0 Å². The van der Waals surface area contributed by atoms with Crippen LogP contribution in [0.5, 0.6) is 0 Å². The van der Waals surface area contributed by atoms with E-state index in [2.05, 4.69) is 14.9 Å². The molecule has 1 spiro atoms. The number of hydrogen-bond donors (Lipinski definition) is 1. The molecule has 184 valence electrons. The van der Waals surface area contributed by atoms with Crippen molar-refractivity contribution in [2.24, 2.45) is 11.8 Å². The first-order valence-electron chi connectivity index (χ1n) is 11.5. The third-order valence-electron chi connectivity index (χ3n) is 7.63. The smallest absolute Gasteiger partial charge is 0.356 e. The molecule has 6 rings (SSSR count). The van der Waals surface area contributed by atoms with Crippen LogP contribution in [0.3, 0.4) is 0 Å². The minimum atomic E-state index is -4.59. The van der Waals surface area contributed by atoms with Gasteiger partial charge >= 0.3 is 6.18 Å². The van der Waals surface area contributed by atoms with Crippen molar-refractivity contribution in [1.82, 2.24) is 19.2 Å². The number of benzene rings is 1. The number of aromatic nitrogens is 2. The molecule has 1 saturated carbocycles. The van der Waals surface area contributed by atoms with E-state index in [9.17, 15) is 21.6 Å². The minimum absolute atomic E-state index is 0.0614. The van der Waals surface area contributed by atoms with E-state index in [1.54, 1.807) is 6.20 Å². The summed E-state index contributed by atoms with van der Waals surface area (Å²) >= 11 is 0. The van der Waals surface area contributed by atoms with Crippen LogP contribution < -0.4 is 4.72 Å². The number of fused-ring (bicyclic) bond motifs is 1. The number of nitrogens with zero attached hydrogens (tertiary/aromatic N) is 3. The van der Waals surface area contributed by atoms with Crippen molar-refractivity contribution in [2.45, 2.75) is 37.4 Å². The summed E-state index contributed by atoms with van der Waals surface area (Å²) in [4.78, 5) is 4.29. The highest BCUT2D eigenvalue weighted by Crippen LogP contribution is 2.50. The van der Waals surface area contributed by atoms with Gasteiger partial charge in [-0.15, -0.1) is 0 Å². The first-order valence-corrected chi connectivity index (χ1v) is 12.9. The second-order valence-corrected chi connectivity index (χ2v) is 11.4. The van der Waals surface area contributed by atoms with Gasteiger partial charge in [0.05, 0.1) is 11.2 Å². The van der Waals surface area contributed by atoms with Crippen molar-refractivity contribution in [3.05, 3.63) is 59.8 Å². The van der Waals surface area contributed by atoms with Gasteiger partial charge in [0.2, 0.25) is 0 Å². The standard InChI is InChI=1S/C24H23F3N4O3S/c25-24(26,27)14-31-13-23(30-35(31,32)33)18-6-7-19(23)11-17-9-16(5-4-15(17)10-18)22-12-21(29-34-22)20-3-1-2-8-28-20/h1-5,8-9,12,18-19,30H,6-7,10-11,13-14H2/t18-,19+,23-/m1/s1. The third kappa shape index (κ3) is 3.95. The molecule has 0 unspecified atom stereocenters. The summed E-state index contributed by atoms with van der Waals surface area (Å²) in [5.74, 6) is 0.444. The molecule has 1 aliphatic heterocycles. The zero-order chi connectivity index (χ0) is 24.4. The van der Waals surface area contributed by atoms with Gasteiger partial charge in [-0.2, -0.15) is 30.6 Å². The molecule has 0 amide bonds. The molecule has 3 atom stereocenters. The molecular weight excluding hydrogens is 481 g/mol. The Bertz CT molecular complexity index is 1380. The lowest BCUT2D eigenvalue weighted by atomic mass is 9.79. The third-order valence-corrected chi connectivity index (χ3v) is 9.21. The lowest BCUT2D eigenvalue weighted by molar-refractivity contribution is -0.136. The number of alkyl halides is 3. The molecule has 1 aromatic carbocycles. The minimum Gasteiger partial charge on any atom is -0.356 e. The number of hydrogen-bond acceptors (Lipinski definition) is 5. The number of halogens is 3. The maximum Gasteiger partial charge on any atom is 0.402 e. The SMILES string of the molecule is O=S1(=O)N[C@]2(CN1CC(F)(F)F)[C@@H]1CC[C@H]2Cc2cc(-c3cc(-c4ccccn4)no3)ccc2C1. The van der Waals surface area contributed by atoms with Crippen LogP contribution in [0.1, 0.15) is 24.0 Å². The van der Waals surface area contributed by atoms with Gasteiger partial charge in [-0.25, -0.2) is 0 Å². The Labute approximate surface area is 200 Å². The van der Waals surface area contributed by atoms with E-state index in [0.29, 0.717) is 34.3 Å². The zero-order valence-corrected chi connectivity index (χ0v) is 19.4. The highest BCUT2D eigenvalue weighted by atomic mass is 32.2. The van der Waals surface area contributed by atoms with Gasteiger partial charge in [-0.05, 0) is 66.8 Å². The van der Waals surface area contributed by atoms with Gasteiger partial charge in [-0.1, -0.05) is 23.4 Å². The van der Waals surface area contributed by atoms with Crippen molar-refractivity contribution >= 4 is 10.2 Å². The van der Waals surface area contributed by atoms with Crippen molar-refractivity contribution in [1.29, 1.82) is 0 Å². The number of rotatable bonds is 3. The number of pyridine rings is 1.